The third-order valence-electron chi connectivity index (χ3n) is 5.23. The molecule has 0 bridgehead atoms. The summed E-state index contributed by atoms with van der Waals surface area (Å²) >= 11 is 17.9. The Kier molecular flexibility index (Phi) is 7.98. The number of rotatable bonds is 4. The van der Waals surface area contributed by atoms with E-state index < -0.39 is 0 Å². The molecule has 0 spiro atoms. The third kappa shape index (κ3) is 5.91. The Morgan fingerprint density at radius 2 is 1.69 bits per heavy atom. The standard InChI is InChI=1S/C23H26Cl2N4O2S/c1-14(2)22(31)29-10-8-28(9-11-29)20-7-5-16(13-19(20)25)26-23(32)27-21(30)17-6-4-15(3)12-18(17)24/h4-7,12-14H,8-11H2,1-3H3,(H2,26,27,30,32). The summed E-state index contributed by atoms with van der Waals surface area (Å²) in [5.74, 6) is -0.205. The van der Waals surface area contributed by atoms with E-state index in [9.17, 15) is 9.59 Å². The molecule has 2 aromatic carbocycles. The van der Waals surface area contributed by atoms with Gasteiger partial charge >= 0.3 is 0 Å². The molecule has 1 saturated heterocycles. The molecule has 0 aliphatic carbocycles. The van der Waals surface area contributed by atoms with Crippen molar-refractivity contribution < 1.29 is 9.59 Å². The molecule has 0 radical (unpaired) electrons. The van der Waals surface area contributed by atoms with E-state index in [-0.39, 0.29) is 22.8 Å². The highest BCUT2D eigenvalue weighted by Crippen LogP contribution is 2.30. The minimum Gasteiger partial charge on any atom is -0.367 e. The van der Waals surface area contributed by atoms with Crippen LogP contribution in [0.15, 0.2) is 36.4 Å². The number of carbonyl (C=O) groups excluding carboxylic acids is 2. The van der Waals surface area contributed by atoms with Crippen molar-refractivity contribution in [3.63, 3.8) is 0 Å². The van der Waals surface area contributed by atoms with E-state index in [1.807, 2.05) is 43.9 Å². The van der Waals surface area contributed by atoms with Gasteiger partial charge in [-0.1, -0.05) is 43.1 Å². The smallest absolute Gasteiger partial charge is 0.258 e. The molecule has 0 atom stereocenters. The molecule has 0 unspecified atom stereocenters. The van der Waals surface area contributed by atoms with E-state index in [1.165, 1.54) is 0 Å². The van der Waals surface area contributed by atoms with Crippen LogP contribution in [0.5, 0.6) is 0 Å². The number of halogens is 2. The zero-order valence-corrected chi connectivity index (χ0v) is 20.6. The summed E-state index contributed by atoms with van der Waals surface area (Å²) in [4.78, 5) is 28.7. The first kappa shape index (κ1) is 24.3. The summed E-state index contributed by atoms with van der Waals surface area (Å²) < 4.78 is 0. The monoisotopic (exact) mass is 492 g/mol. The normalized spacial score (nSPS) is 13.8. The van der Waals surface area contributed by atoms with E-state index >= 15 is 0 Å². The van der Waals surface area contributed by atoms with Gasteiger partial charge < -0.3 is 15.1 Å². The lowest BCUT2D eigenvalue weighted by molar-refractivity contribution is -0.134. The van der Waals surface area contributed by atoms with E-state index in [4.69, 9.17) is 35.4 Å². The zero-order chi connectivity index (χ0) is 23.4. The van der Waals surface area contributed by atoms with Crippen molar-refractivity contribution in [3.05, 3.63) is 57.6 Å². The fourth-order valence-electron chi connectivity index (χ4n) is 3.51. The molecular formula is C23H26Cl2N4O2S. The van der Waals surface area contributed by atoms with Gasteiger partial charge in [-0.15, -0.1) is 0 Å². The molecule has 170 valence electrons. The number of hydrogen-bond donors (Lipinski definition) is 2. The van der Waals surface area contributed by atoms with Gasteiger partial charge in [-0.25, -0.2) is 0 Å². The van der Waals surface area contributed by atoms with Crippen LogP contribution in [-0.4, -0.2) is 48.0 Å². The Hall–Kier alpha value is -2.35. The highest BCUT2D eigenvalue weighted by molar-refractivity contribution is 7.80. The SMILES string of the molecule is Cc1ccc(C(=O)NC(=S)Nc2ccc(N3CCN(C(=O)C(C)C)CC3)c(Cl)c2)c(Cl)c1. The van der Waals surface area contributed by atoms with Crippen LogP contribution in [0.25, 0.3) is 0 Å². The van der Waals surface area contributed by atoms with Crippen LogP contribution >= 0.6 is 35.4 Å². The van der Waals surface area contributed by atoms with Gasteiger partial charge in [-0.05, 0) is 55.0 Å². The van der Waals surface area contributed by atoms with Crippen LogP contribution in [0.2, 0.25) is 10.0 Å². The summed E-state index contributed by atoms with van der Waals surface area (Å²) in [7, 11) is 0. The van der Waals surface area contributed by atoms with E-state index in [1.54, 1.807) is 18.2 Å². The largest absolute Gasteiger partial charge is 0.367 e. The Morgan fingerprint density at radius 3 is 2.28 bits per heavy atom. The maximum atomic E-state index is 12.4. The van der Waals surface area contributed by atoms with Crippen LogP contribution in [0.1, 0.15) is 29.8 Å². The second-order valence-corrected chi connectivity index (χ2v) is 9.25. The van der Waals surface area contributed by atoms with Crippen LogP contribution in [0, 0.1) is 12.8 Å². The summed E-state index contributed by atoms with van der Waals surface area (Å²) in [5, 5.41) is 6.69. The van der Waals surface area contributed by atoms with Gasteiger partial charge in [0.1, 0.15) is 0 Å². The number of anilines is 2. The molecule has 1 aliphatic rings. The number of aryl methyl sites for hydroxylation is 1. The average molecular weight is 493 g/mol. The van der Waals surface area contributed by atoms with Crippen molar-refractivity contribution in [2.75, 3.05) is 36.4 Å². The van der Waals surface area contributed by atoms with Gasteiger partial charge in [0.05, 0.1) is 21.3 Å². The van der Waals surface area contributed by atoms with Gasteiger partial charge in [0.25, 0.3) is 5.91 Å². The summed E-state index contributed by atoms with van der Waals surface area (Å²) in [5.41, 5.74) is 2.88. The van der Waals surface area contributed by atoms with Gasteiger partial charge in [-0.3, -0.25) is 14.9 Å². The molecule has 3 rings (SSSR count). The second-order valence-electron chi connectivity index (χ2n) is 8.02. The molecule has 32 heavy (non-hydrogen) atoms. The number of carbonyl (C=O) groups is 2. The van der Waals surface area contributed by atoms with Crippen molar-refractivity contribution in [1.29, 1.82) is 0 Å². The van der Waals surface area contributed by atoms with Gasteiger partial charge in [0.15, 0.2) is 5.11 Å². The topological polar surface area (TPSA) is 64.7 Å². The van der Waals surface area contributed by atoms with Crippen molar-refractivity contribution in [3.8, 4) is 0 Å². The summed E-state index contributed by atoms with van der Waals surface area (Å²) in [6.07, 6.45) is 0. The van der Waals surface area contributed by atoms with E-state index in [2.05, 4.69) is 15.5 Å². The van der Waals surface area contributed by atoms with Crippen LogP contribution in [-0.2, 0) is 4.79 Å². The van der Waals surface area contributed by atoms with Gasteiger partial charge in [0, 0.05) is 37.8 Å². The number of nitrogens with zero attached hydrogens (tertiary/aromatic N) is 2. The fraction of sp³-hybridized carbons (Fsp3) is 0.348. The van der Waals surface area contributed by atoms with Crippen LogP contribution < -0.4 is 15.5 Å². The second kappa shape index (κ2) is 10.5. The maximum absolute atomic E-state index is 12.4. The quantitative estimate of drug-likeness (QED) is 0.603. The first-order valence-electron chi connectivity index (χ1n) is 10.4. The van der Waals surface area contributed by atoms with Crippen molar-refractivity contribution in [2.45, 2.75) is 20.8 Å². The zero-order valence-electron chi connectivity index (χ0n) is 18.2. The molecule has 2 aromatic rings. The number of piperazine rings is 1. The predicted octanol–water partition coefficient (Wildman–Crippen LogP) is 4.73. The molecule has 9 heteroatoms. The third-order valence-corrected chi connectivity index (χ3v) is 6.05. The molecule has 0 aromatic heterocycles. The Labute approximate surface area is 203 Å². The minimum absolute atomic E-state index is 0.00172. The van der Waals surface area contributed by atoms with Crippen molar-refractivity contribution in [2.24, 2.45) is 5.92 Å². The first-order valence-corrected chi connectivity index (χ1v) is 11.5. The molecule has 1 heterocycles. The van der Waals surface area contributed by atoms with Crippen molar-refractivity contribution >= 4 is 63.7 Å². The average Bonchev–Trinajstić information content (AvgIpc) is 2.73. The minimum atomic E-state index is -0.385. The lowest BCUT2D eigenvalue weighted by atomic mass is 10.1. The number of nitrogens with one attached hydrogen (secondary N) is 2. The lowest BCUT2D eigenvalue weighted by Crippen LogP contribution is -2.50. The highest BCUT2D eigenvalue weighted by Gasteiger charge is 2.24. The summed E-state index contributed by atoms with van der Waals surface area (Å²) in [6.45, 7) is 8.51. The molecule has 2 amide bonds. The number of hydrogen-bond acceptors (Lipinski definition) is 4. The molecule has 0 saturated carbocycles. The highest BCUT2D eigenvalue weighted by atomic mass is 35.5. The van der Waals surface area contributed by atoms with E-state index in [0.29, 0.717) is 34.4 Å². The molecule has 2 N–H and O–H groups in total. The van der Waals surface area contributed by atoms with Crippen LogP contribution in [0.3, 0.4) is 0 Å². The van der Waals surface area contributed by atoms with Gasteiger partial charge in [0.2, 0.25) is 5.91 Å². The fourth-order valence-corrected chi connectivity index (χ4v) is 4.34. The molecular weight excluding hydrogens is 467 g/mol. The van der Waals surface area contributed by atoms with Crippen LogP contribution in [0.4, 0.5) is 11.4 Å². The summed E-state index contributed by atoms with van der Waals surface area (Å²) in [6, 6.07) is 10.7. The Bertz CT molecular complexity index is 1040. The van der Waals surface area contributed by atoms with Gasteiger partial charge in [-0.2, -0.15) is 0 Å². The number of thiocarbonyl (C=S) groups is 1. The number of amides is 2. The molecule has 6 nitrogen and oxygen atoms in total. The lowest BCUT2D eigenvalue weighted by Gasteiger charge is -2.37. The molecule has 1 fully saturated rings. The maximum Gasteiger partial charge on any atom is 0.258 e. The van der Waals surface area contributed by atoms with E-state index in [0.717, 1.165) is 24.3 Å². The number of benzene rings is 2. The predicted molar refractivity (Wildman–Crippen MR) is 135 cm³/mol. The Morgan fingerprint density at radius 1 is 1.00 bits per heavy atom. The first-order chi connectivity index (χ1) is 15.2. The molecule has 1 aliphatic heterocycles. The Balaban J connectivity index is 1.59. The van der Waals surface area contributed by atoms with Crippen molar-refractivity contribution in [1.82, 2.24) is 10.2 Å².